The number of β-amino-alcohol motifs (C(OH)–C–C–N with tert-alkyl or cyclic N) is 1. The van der Waals surface area contributed by atoms with Crippen molar-refractivity contribution in [2.45, 2.75) is 44.3 Å². The van der Waals surface area contributed by atoms with E-state index in [9.17, 15) is 9.90 Å². The third-order valence-corrected chi connectivity index (χ3v) is 4.02. The molecule has 1 aliphatic carbocycles. The highest BCUT2D eigenvalue weighted by Gasteiger charge is 2.26. The molecule has 2 heterocycles. The number of nitrogens with zero attached hydrogens (tertiary/aromatic N) is 2. The monoisotopic (exact) mass is 276 g/mol. The summed E-state index contributed by atoms with van der Waals surface area (Å²) in [6.07, 6.45) is 6.66. The Balaban J connectivity index is 1.68. The largest absolute Gasteiger partial charge is 0.474 e. The number of likely N-dealkylation sites (tertiary alicyclic amines) is 1. The van der Waals surface area contributed by atoms with Crippen LogP contribution in [0.5, 0.6) is 5.88 Å². The fourth-order valence-electron chi connectivity index (χ4n) is 2.89. The molecule has 1 atom stereocenters. The van der Waals surface area contributed by atoms with E-state index in [1.165, 1.54) is 12.8 Å². The van der Waals surface area contributed by atoms with E-state index in [-0.39, 0.29) is 12.0 Å². The summed E-state index contributed by atoms with van der Waals surface area (Å²) in [6, 6.07) is 3.42. The lowest BCUT2D eigenvalue weighted by Crippen LogP contribution is -2.29. The van der Waals surface area contributed by atoms with Crippen LogP contribution in [-0.2, 0) is 0 Å². The molecule has 1 saturated heterocycles. The normalized spacial score (nSPS) is 23.2. The average Bonchev–Trinajstić information content (AvgIpc) is 3.10. The standard InChI is InChI=1S/C15H20N2O3/c18-12-6-8-17(10-12)15(19)11-5-7-16-14(9-11)20-13-3-1-2-4-13/h5,7,9,12-13,18H,1-4,6,8,10H2/t12-/m1/s1. The van der Waals surface area contributed by atoms with Crippen LogP contribution in [0.2, 0.25) is 0 Å². The van der Waals surface area contributed by atoms with E-state index in [0.29, 0.717) is 31.0 Å². The zero-order valence-electron chi connectivity index (χ0n) is 11.5. The summed E-state index contributed by atoms with van der Waals surface area (Å²) in [7, 11) is 0. The molecule has 0 bridgehead atoms. The van der Waals surface area contributed by atoms with Crippen molar-refractivity contribution in [3.63, 3.8) is 0 Å². The Kier molecular flexibility index (Phi) is 3.87. The molecule has 1 N–H and O–H groups in total. The van der Waals surface area contributed by atoms with Gasteiger partial charge in [0.2, 0.25) is 5.88 Å². The lowest BCUT2D eigenvalue weighted by atomic mass is 10.2. The second-order valence-corrected chi connectivity index (χ2v) is 5.60. The van der Waals surface area contributed by atoms with Crippen molar-refractivity contribution in [1.29, 1.82) is 0 Å². The van der Waals surface area contributed by atoms with E-state index in [2.05, 4.69) is 4.98 Å². The molecule has 1 amide bonds. The highest BCUT2D eigenvalue weighted by molar-refractivity contribution is 5.94. The van der Waals surface area contributed by atoms with Gasteiger partial charge in [0.05, 0.1) is 6.10 Å². The predicted molar refractivity (Wildman–Crippen MR) is 73.6 cm³/mol. The number of rotatable bonds is 3. The van der Waals surface area contributed by atoms with Gasteiger partial charge in [0.25, 0.3) is 5.91 Å². The van der Waals surface area contributed by atoms with Crippen LogP contribution >= 0.6 is 0 Å². The van der Waals surface area contributed by atoms with E-state index in [4.69, 9.17) is 4.74 Å². The number of hydrogen-bond acceptors (Lipinski definition) is 4. The third-order valence-electron chi connectivity index (χ3n) is 4.02. The smallest absolute Gasteiger partial charge is 0.254 e. The summed E-state index contributed by atoms with van der Waals surface area (Å²) >= 11 is 0. The topological polar surface area (TPSA) is 62.7 Å². The van der Waals surface area contributed by atoms with Gasteiger partial charge in [0, 0.05) is 30.9 Å². The van der Waals surface area contributed by atoms with Crippen LogP contribution in [0.15, 0.2) is 18.3 Å². The van der Waals surface area contributed by atoms with E-state index < -0.39 is 6.10 Å². The first-order chi connectivity index (χ1) is 9.72. The average molecular weight is 276 g/mol. The minimum Gasteiger partial charge on any atom is -0.474 e. The van der Waals surface area contributed by atoms with Crippen molar-refractivity contribution < 1.29 is 14.6 Å². The van der Waals surface area contributed by atoms with E-state index in [0.717, 1.165) is 12.8 Å². The van der Waals surface area contributed by atoms with Crippen LogP contribution in [0.3, 0.4) is 0 Å². The minimum atomic E-state index is -0.394. The van der Waals surface area contributed by atoms with Gasteiger partial charge in [-0.05, 0) is 38.2 Å². The van der Waals surface area contributed by atoms with Crippen molar-refractivity contribution in [1.82, 2.24) is 9.88 Å². The Morgan fingerprint density at radius 1 is 1.35 bits per heavy atom. The van der Waals surface area contributed by atoms with E-state index >= 15 is 0 Å². The molecule has 1 aliphatic heterocycles. The van der Waals surface area contributed by atoms with Gasteiger partial charge in [-0.1, -0.05) is 0 Å². The Morgan fingerprint density at radius 2 is 2.15 bits per heavy atom. The Labute approximate surface area is 118 Å². The van der Waals surface area contributed by atoms with Crippen molar-refractivity contribution in [2.75, 3.05) is 13.1 Å². The van der Waals surface area contributed by atoms with Crippen LogP contribution < -0.4 is 4.74 Å². The molecule has 0 spiro atoms. The van der Waals surface area contributed by atoms with Crippen LogP contribution in [0.4, 0.5) is 0 Å². The van der Waals surface area contributed by atoms with Crippen LogP contribution in [0.1, 0.15) is 42.5 Å². The quantitative estimate of drug-likeness (QED) is 0.911. The number of aliphatic hydroxyl groups excluding tert-OH is 1. The zero-order valence-corrected chi connectivity index (χ0v) is 11.5. The molecule has 0 unspecified atom stereocenters. The molecule has 1 aromatic heterocycles. The van der Waals surface area contributed by atoms with Gasteiger partial charge in [-0.3, -0.25) is 4.79 Å². The Hall–Kier alpha value is -1.62. The van der Waals surface area contributed by atoms with Crippen molar-refractivity contribution in [2.24, 2.45) is 0 Å². The summed E-state index contributed by atoms with van der Waals surface area (Å²) in [5, 5.41) is 9.51. The summed E-state index contributed by atoms with van der Waals surface area (Å²) in [6.45, 7) is 1.03. The summed E-state index contributed by atoms with van der Waals surface area (Å²) in [4.78, 5) is 18.2. The molecule has 0 radical (unpaired) electrons. The van der Waals surface area contributed by atoms with E-state index in [1.807, 2.05) is 0 Å². The third kappa shape index (κ3) is 2.93. The summed E-state index contributed by atoms with van der Waals surface area (Å²) in [5.74, 6) is 0.475. The molecule has 5 heteroatoms. The number of aliphatic hydroxyl groups is 1. The Morgan fingerprint density at radius 3 is 2.85 bits per heavy atom. The van der Waals surface area contributed by atoms with Gasteiger partial charge in [-0.2, -0.15) is 0 Å². The molecular formula is C15H20N2O3. The molecule has 1 saturated carbocycles. The minimum absolute atomic E-state index is 0.0554. The van der Waals surface area contributed by atoms with Crippen molar-refractivity contribution in [3.8, 4) is 5.88 Å². The Bertz CT molecular complexity index is 486. The molecule has 2 aliphatic rings. The van der Waals surface area contributed by atoms with Crippen molar-refractivity contribution in [3.05, 3.63) is 23.9 Å². The first-order valence-corrected chi connectivity index (χ1v) is 7.32. The highest BCUT2D eigenvalue weighted by atomic mass is 16.5. The second kappa shape index (κ2) is 5.79. The van der Waals surface area contributed by atoms with Gasteiger partial charge in [0.1, 0.15) is 6.10 Å². The highest BCUT2D eigenvalue weighted by Crippen LogP contribution is 2.23. The fraction of sp³-hybridized carbons (Fsp3) is 0.600. The SMILES string of the molecule is O=C(c1ccnc(OC2CCCC2)c1)N1CC[C@@H](O)C1. The number of hydrogen-bond donors (Lipinski definition) is 1. The van der Waals surface area contributed by atoms with Crippen LogP contribution in [0, 0.1) is 0 Å². The lowest BCUT2D eigenvalue weighted by molar-refractivity contribution is 0.0764. The number of pyridine rings is 1. The number of aromatic nitrogens is 1. The summed E-state index contributed by atoms with van der Waals surface area (Å²) < 4.78 is 5.82. The second-order valence-electron chi connectivity index (χ2n) is 5.60. The maximum Gasteiger partial charge on any atom is 0.254 e. The fourth-order valence-corrected chi connectivity index (χ4v) is 2.89. The van der Waals surface area contributed by atoms with Crippen molar-refractivity contribution >= 4 is 5.91 Å². The van der Waals surface area contributed by atoms with Gasteiger partial charge in [0.15, 0.2) is 0 Å². The van der Waals surface area contributed by atoms with Gasteiger partial charge >= 0.3 is 0 Å². The molecule has 3 rings (SSSR count). The lowest BCUT2D eigenvalue weighted by Gasteiger charge is -2.16. The molecule has 2 fully saturated rings. The maximum absolute atomic E-state index is 12.3. The first-order valence-electron chi connectivity index (χ1n) is 7.32. The summed E-state index contributed by atoms with van der Waals surface area (Å²) in [5.41, 5.74) is 0.585. The van der Waals surface area contributed by atoms with Gasteiger partial charge in [-0.15, -0.1) is 0 Å². The molecule has 5 nitrogen and oxygen atoms in total. The number of amides is 1. The van der Waals surface area contributed by atoms with Gasteiger partial charge in [-0.25, -0.2) is 4.98 Å². The van der Waals surface area contributed by atoms with Crippen LogP contribution in [0.25, 0.3) is 0 Å². The number of carbonyl (C=O) groups excluding carboxylic acids is 1. The first kappa shape index (κ1) is 13.4. The molecule has 0 aromatic carbocycles. The maximum atomic E-state index is 12.3. The van der Waals surface area contributed by atoms with Crippen LogP contribution in [-0.4, -0.2) is 46.2 Å². The number of carbonyl (C=O) groups is 1. The zero-order chi connectivity index (χ0) is 13.9. The molecule has 1 aromatic rings. The molecular weight excluding hydrogens is 256 g/mol. The molecule has 108 valence electrons. The van der Waals surface area contributed by atoms with Gasteiger partial charge < -0.3 is 14.7 Å². The number of ether oxygens (including phenoxy) is 1. The van der Waals surface area contributed by atoms with E-state index in [1.54, 1.807) is 23.2 Å². The predicted octanol–water partition coefficient (Wildman–Crippen LogP) is 1.61. The molecule has 20 heavy (non-hydrogen) atoms.